The first-order valence-electron chi connectivity index (χ1n) is 8.73. The zero-order valence-corrected chi connectivity index (χ0v) is 14.6. The number of carboxylic acid groups (broad SMARTS) is 1. The van der Waals surface area contributed by atoms with Gasteiger partial charge in [-0.1, -0.05) is 18.2 Å². The van der Waals surface area contributed by atoms with E-state index in [2.05, 4.69) is 0 Å². The average molecular weight is 366 g/mol. The third kappa shape index (κ3) is 3.12. The van der Waals surface area contributed by atoms with E-state index in [1.165, 1.54) is 23.1 Å². The van der Waals surface area contributed by atoms with Crippen molar-refractivity contribution < 1.29 is 24.2 Å². The summed E-state index contributed by atoms with van der Waals surface area (Å²) in [5.74, 6) is -1.29. The lowest BCUT2D eigenvalue weighted by molar-refractivity contribution is -0.124. The van der Waals surface area contributed by atoms with E-state index in [0.717, 1.165) is 24.1 Å². The van der Waals surface area contributed by atoms with Gasteiger partial charge in [0.2, 0.25) is 5.91 Å². The van der Waals surface area contributed by atoms with Crippen LogP contribution in [0.15, 0.2) is 42.5 Å². The summed E-state index contributed by atoms with van der Waals surface area (Å²) in [6, 6.07) is 12.0. The molecular weight excluding hydrogens is 348 g/mol. The molecule has 0 aliphatic carbocycles. The number of benzene rings is 2. The molecule has 0 bridgehead atoms. The van der Waals surface area contributed by atoms with Crippen LogP contribution in [0.4, 0.5) is 11.4 Å². The van der Waals surface area contributed by atoms with Gasteiger partial charge >= 0.3 is 5.97 Å². The van der Waals surface area contributed by atoms with Crippen molar-refractivity contribution in [3.63, 3.8) is 0 Å². The van der Waals surface area contributed by atoms with E-state index in [9.17, 15) is 19.5 Å². The number of fused-ring (bicyclic) bond motifs is 2. The second-order valence-electron chi connectivity index (χ2n) is 6.53. The van der Waals surface area contributed by atoms with Crippen LogP contribution < -0.4 is 14.5 Å². The molecule has 0 atom stereocenters. The number of carbonyl (C=O) groups is 3. The van der Waals surface area contributed by atoms with E-state index in [-0.39, 0.29) is 30.5 Å². The van der Waals surface area contributed by atoms with Crippen LogP contribution >= 0.6 is 0 Å². The Morgan fingerprint density at radius 3 is 2.74 bits per heavy atom. The number of carbonyl (C=O) groups excluding carboxylic acids is 2. The van der Waals surface area contributed by atoms with Gasteiger partial charge in [-0.2, -0.15) is 0 Å². The maximum absolute atomic E-state index is 13.0. The summed E-state index contributed by atoms with van der Waals surface area (Å²) in [7, 11) is 0. The van der Waals surface area contributed by atoms with Crippen molar-refractivity contribution in [1.82, 2.24) is 0 Å². The number of para-hydroxylation sites is 1. The molecule has 4 rings (SSSR count). The molecule has 2 aliphatic heterocycles. The second kappa shape index (κ2) is 6.75. The fraction of sp³-hybridized carbons (Fsp3) is 0.250. The number of amides is 2. The Bertz CT molecular complexity index is 940. The molecule has 0 spiro atoms. The number of hydrogen-bond acceptors (Lipinski definition) is 4. The average Bonchev–Trinajstić information content (AvgIpc) is 2.69. The normalized spacial score (nSPS) is 15.6. The molecule has 138 valence electrons. The highest BCUT2D eigenvalue weighted by Gasteiger charge is 2.31. The third-order valence-corrected chi connectivity index (χ3v) is 4.85. The van der Waals surface area contributed by atoms with Crippen LogP contribution in [0.1, 0.15) is 22.3 Å². The lowest BCUT2D eigenvalue weighted by atomic mass is 10.0. The first-order chi connectivity index (χ1) is 13.0. The quantitative estimate of drug-likeness (QED) is 0.899. The summed E-state index contributed by atoms with van der Waals surface area (Å²) in [4.78, 5) is 39.6. The Labute approximate surface area is 155 Å². The number of anilines is 2. The molecule has 0 saturated heterocycles. The van der Waals surface area contributed by atoms with Crippen molar-refractivity contribution in [1.29, 1.82) is 0 Å². The van der Waals surface area contributed by atoms with Crippen LogP contribution in [0.3, 0.4) is 0 Å². The van der Waals surface area contributed by atoms with Gasteiger partial charge < -0.3 is 14.7 Å². The van der Waals surface area contributed by atoms with Crippen molar-refractivity contribution in [3.8, 4) is 5.75 Å². The van der Waals surface area contributed by atoms with Gasteiger partial charge in [-0.25, -0.2) is 4.79 Å². The van der Waals surface area contributed by atoms with Crippen LogP contribution in [-0.4, -0.2) is 42.6 Å². The van der Waals surface area contributed by atoms with Crippen molar-refractivity contribution in [2.75, 3.05) is 29.5 Å². The van der Waals surface area contributed by atoms with Gasteiger partial charge in [0.1, 0.15) is 12.3 Å². The van der Waals surface area contributed by atoms with E-state index in [0.29, 0.717) is 18.0 Å². The number of hydrogen-bond donors (Lipinski definition) is 1. The van der Waals surface area contributed by atoms with E-state index in [1.54, 1.807) is 4.90 Å². The molecule has 1 N–H and O–H groups in total. The molecule has 0 fully saturated rings. The molecular formula is C20H18N2O5. The Morgan fingerprint density at radius 2 is 1.93 bits per heavy atom. The Balaban J connectivity index is 1.63. The molecule has 0 saturated carbocycles. The van der Waals surface area contributed by atoms with Crippen LogP contribution in [0.5, 0.6) is 5.75 Å². The summed E-state index contributed by atoms with van der Waals surface area (Å²) in [5, 5.41) is 9.21. The summed E-state index contributed by atoms with van der Waals surface area (Å²) in [6.07, 6.45) is 1.78. The van der Waals surface area contributed by atoms with Gasteiger partial charge in [0.15, 0.2) is 6.61 Å². The molecule has 2 heterocycles. The van der Waals surface area contributed by atoms with Gasteiger partial charge in [-0.3, -0.25) is 14.5 Å². The lowest BCUT2D eigenvalue weighted by Gasteiger charge is -2.33. The van der Waals surface area contributed by atoms with Crippen LogP contribution in [0.2, 0.25) is 0 Å². The van der Waals surface area contributed by atoms with Gasteiger partial charge in [0, 0.05) is 12.2 Å². The monoisotopic (exact) mass is 366 g/mol. The van der Waals surface area contributed by atoms with Crippen LogP contribution in [-0.2, 0) is 16.0 Å². The van der Waals surface area contributed by atoms with Gasteiger partial charge in [-0.15, -0.1) is 0 Å². The Hall–Kier alpha value is -3.35. The topological polar surface area (TPSA) is 87.2 Å². The number of ether oxygens (including phenoxy) is 1. The van der Waals surface area contributed by atoms with E-state index >= 15 is 0 Å². The van der Waals surface area contributed by atoms with E-state index < -0.39 is 5.97 Å². The molecule has 27 heavy (non-hydrogen) atoms. The smallest absolute Gasteiger partial charge is 0.335 e. The predicted octanol–water partition coefficient (Wildman–Crippen LogP) is 2.09. The maximum atomic E-state index is 13.0. The molecule has 0 unspecified atom stereocenters. The first kappa shape index (κ1) is 17.1. The minimum absolute atomic E-state index is 0.0350. The fourth-order valence-electron chi connectivity index (χ4n) is 3.52. The molecule has 0 radical (unpaired) electrons. The SMILES string of the molecule is O=C(O)c1ccc2c(c1)N(CC(=O)N1CCCc3ccccc31)C(=O)CO2. The van der Waals surface area contributed by atoms with E-state index in [1.807, 2.05) is 24.3 Å². The second-order valence-corrected chi connectivity index (χ2v) is 6.53. The molecule has 2 aromatic carbocycles. The maximum Gasteiger partial charge on any atom is 0.335 e. The molecule has 0 aromatic heterocycles. The Morgan fingerprint density at radius 1 is 1.11 bits per heavy atom. The summed E-state index contributed by atoms with van der Waals surface area (Å²) in [6.45, 7) is 0.256. The summed E-state index contributed by atoms with van der Waals surface area (Å²) in [5.41, 5.74) is 2.32. The van der Waals surface area contributed by atoms with Crippen molar-refractivity contribution in [3.05, 3.63) is 53.6 Å². The summed E-state index contributed by atoms with van der Waals surface area (Å²) < 4.78 is 5.37. The predicted molar refractivity (Wildman–Crippen MR) is 98.4 cm³/mol. The minimum Gasteiger partial charge on any atom is -0.482 e. The number of nitrogens with zero attached hydrogens (tertiary/aromatic N) is 2. The van der Waals surface area contributed by atoms with Crippen LogP contribution in [0.25, 0.3) is 0 Å². The molecule has 2 aliphatic rings. The highest BCUT2D eigenvalue weighted by molar-refractivity contribution is 6.06. The fourth-order valence-corrected chi connectivity index (χ4v) is 3.52. The standard InChI is InChI=1S/C20H18N2O5/c23-18(21-9-3-5-13-4-1-2-6-15(13)21)11-22-16-10-14(20(25)26)7-8-17(16)27-12-19(22)24/h1-2,4,6-8,10H,3,5,9,11-12H2,(H,25,26). The lowest BCUT2D eigenvalue weighted by Crippen LogP contribution is -2.47. The first-order valence-corrected chi connectivity index (χ1v) is 8.73. The van der Waals surface area contributed by atoms with Gasteiger partial charge in [0.05, 0.1) is 11.3 Å². The molecule has 7 heteroatoms. The molecule has 7 nitrogen and oxygen atoms in total. The van der Waals surface area contributed by atoms with E-state index in [4.69, 9.17) is 4.74 Å². The van der Waals surface area contributed by atoms with Crippen molar-refractivity contribution in [2.45, 2.75) is 12.8 Å². The zero-order chi connectivity index (χ0) is 19.0. The number of aromatic carboxylic acids is 1. The number of carboxylic acids is 1. The highest BCUT2D eigenvalue weighted by Crippen LogP contribution is 2.34. The molecule has 2 amide bonds. The highest BCUT2D eigenvalue weighted by atomic mass is 16.5. The van der Waals surface area contributed by atoms with Crippen molar-refractivity contribution >= 4 is 29.2 Å². The van der Waals surface area contributed by atoms with Crippen LogP contribution in [0, 0.1) is 0 Å². The van der Waals surface area contributed by atoms with Gasteiger partial charge in [0.25, 0.3) is 5.91 Å². The minimum atomic E-state index is -1.10. The summed E-state index contributed by atoms with van der Waals surface area (Å²) >= 11 is 0. The largest absolute Gasteiger partial charge is 0.482 e. The molecule has 2 aromatic rings. The third-order valence-electron chi connectivity index (χ3n) is 4.85. The number of rotatable bonds is 3. The van der Waals surface area contributed by atoms with Gasteiger partial charge in [-0.05, 0) is 42.7 Å². The zero-order valence-electron chi connectivity index (χ0n) is 14.6. The van der Waals surface area contributed by atoms with Crippen molar-refractivity contribution in [2.24, 2.45) is 0 Å². The Kier molecular flexibility index (Phi) is 4.27. The number of aryl methyl sites for hydroxylation is 1.